The van der Waals surface area contributed by atoms with Crippen molar-refractivity contribution in [3.8, 4) is 5.75 Å². The first kappa shape index (κ1) is 14.4. The molecule has 4 nitrogen and oxygen atoms in total. The van der Waals surface area contributed by atoms with Crippen molar-refractivity contribution in [3.63, 3.8) is 0 Å². The number of aryl methyl sites for hydroxylation is 2. The molecule has 0 spiro atoms. The Hall–Kier alpha value is -1.59. The van der Waals surface area contributed by atoms with E-state index in [1.54, 1.807) is 11.3 Å². The molecule has 1 aliphatic carbocycles. The van der Waals surface area contributed by atoms with Gasteiger partial charge in [-0.3, -0.25) is 0 Å². The van der Waals surface area contributed by atoms with Gasteiger partial charge in [0.1, 0.15) is 5.75 Å². The van der Waals surface area contributed by atoms with E-state index in [4.69, 9.17) is 16.2 Å². The minimum atomic E-state index is -0.356. The number of benzene rings is 1. The van der Waals surface area contributed by atoms with Crippen LogP contribution in [0.2, 0.25) is 0 Å². The quantitative estimate of drug-likeness (QED) is 0.914. The van der Waals surface area contributed by atoms with Gasteiger partial charge in [-0.2, -0.15) is 0 Å². The highest BCUT2D eigenvalue weighted by atomic mass is 32.1. The monoisotopic (exact) mass is 303 g/mol. The Morgan fingerprint density at radius 1 is 1.43 bits per heavy atom. The number of nitrogen functional groups attached to an aromatic ring is 1. The zero-order chi connectivity index (χ0) is 15.0. The number of ether oxygens (including phenoxy) is 1. The number of thiazole rings is 1. The van der Waals surface area contributed by atoms with Crippen LogP contribution in [0.3, 0.4) is 0 Å². The van der Waals surface area contributed by atoms with Gasteiger partial charge in [-0.15, -0.1) is 11.3 Å². The molecule has 0 aliphatic heterocycles. The van der Waals surface area contributed by atoms with Crippen molar-refractivity contribution in [2.75, 3.05) is 12.3 Å². The molecule has 0 fully saturated rings. The van der Waals surface area contributed by atoms with Crippen LogP contribution in [0.25, 0.3) is 0 Å². The van der Waals surface area contributed by atoms with Gasteiger partial charge in [0, 0.05) is 16.8 Å². The number of anilines is 1. The summed E-state index contributed by atoms with van der Waals surface area (Å²) in [4.78, 5) is 5.61. The summed E-state index contributed by atoms with van der Waals surface area (Å²) in [6.07, 6.45) is 2.57. The minimum Gasteiger partial charge on any atom is -0.494 e. The number of hydrogen-bond donors (Lipinski definition) is 2. The van der Waals surface area contributed by atoms with Gasteiger partial charge >= 0.3 is 0 Å². The molecule has 3 rings (SSSR count). The number of rotatable bonds is 3. The number of fused-ring (bicyclic) bond motifs is 1. The highest BCUT2D eigenvalue weighted by molar-refractivity contribution is 7.15. The third-order valence-corrected chi connectivity index (χ3v) is 5.07. The molecule has 112 valence electrons. The molecule has 0 radical (unpaired) electrons. The van der Waals surface area contributed by atoms with Crippen LogP contribution in [0.5, 0.6) is 5.75 Å². The van der Waals surface area contributed by atoms with E-state index >= 15 is 0 Å². The summed E-state index contributed by atoms with van der Waals surface area (Å²) in [5.41, 5.74) is 15.6. The van der Waals surface area contributed by atoms with Crippen LogP contribution in [0.1, 0.15) is 35.0 Å². The molecular weight excluding hydrogens is 282 g/mol. The largest absolute Gasteiger partial charge is 0.494 e. The predicted octanol–water partition coefficient (Wildman–Crippen LogP) is 2.78. The zero-order valence-electron chi connectivity index (χ0n) is 12.5. The molecule has 1 aromatic heterocycles. The molecule has 4 N–H and O–H groups in total. The summed E-state index contributed by atoms with van der Waals surface area (Å²) in [6.45, 7) is 4.72. The fourth-order valence-electron chi connectivity index (χ4n) is 2.92. The maximum Gasteiger partial charge on any atom is 0.180 e. The third kappa shape index (κ3) is 2.63. The summed E-state index contributed by atoms with van der Waals surface area (Å²) in [7, 11) is 0. The highest BCUT2D eigenvalue weighted by Crippen LogP contribution is 2.38. The van der Waals surface area contributed by atoms with Crippen LogP contribution < -0.4 is 16.2 Å². The van der Waals surface area contributed by atoms with Crippen molar-refractivity contribution in [1.82, 2.24) is 4.98 Å². The molecule has 0 amide bonds. The average Bonchev–Trinajstić information content (AvgIpc) is 2.80. The summed E-state index contributed by atoms with van der Waals surface area (Å²) in [5, 5.41) is 0.642. The molecule has 1 heterocycles. The molecular formula is C16H21N3OS. The molecule has 1 atom stereocenters. The number of aromatic nitrogens is 1. The molecule has 1 aromatic carbocycles. The fraction of sp³-hybridized carbons (Fsp3) is 0.438. The van der Waals surface area contributed by atoms with E-state index < -0.39 is 0 Å². The second kappa shape index (κ2) is 5.31. The van der Waals surface area contributed by atoms with Crippen LogP contribution in [0.4, 0.5) is 5.13 Å². The lowest BCUT2D eigenvalue weighted by Gasteiger charge is -2.33. The summed E-state index contributed by atoms with van der Waals surface area (Å²) >= 11 is 1.56. The second-order valence-corrected chi connectivity index (χ2v) is 6.78. The van der Waals surface area contributed by atoms with Crippen molar-refractivity contribution < 1.29 is 4.74 Å². The average molecular weight is 303 g/mol. The van der Waals surface area contributed by atoms with Crippen LogP contribution in [-0.4, -0.2) is 11.6 Å². The Morgan fingerprint density at radius 2 is 2.24 bits per heavy atom. The van der Waals surface area contributed by atoms with Gasteiger partial charge in [-0.1, -0.05) is 12.1 Å². The van der Waals surface area contributed by atoms with Gasteiger partial charge in [-0.25, -0.2) is 4.98 Å². The first-order chi connectivity index (χ1) is 10.0. The molecule has 1 unspecified atom stereocenters. The van der Waals surface area contributed by atoms with Crippen LogP contribution in [0.15, 0.2) is 18.2 Å². The van der Waals surface area contributed by atoms with E-state index in [1.807, 2.05) is 6.92 Å². The SMILES string of the molecule is CCOc1cc(C2(N)CCc3nc(N)sc3C2)ccc1C. The van der Waals surface area contributed by atoms with Gasteiger partial charge < -0.3 is 16.2 Å². The first-order valence-corrected chi connectivity index (χ1v) is 8.10. The fourth-order valence-corrected chi connectivity index (χ4v) is 3.92. The molecule has 0 saturated carbocycles. The molecule has 21 heavy (non-hydrogen) atoms. The van der Waals surface area contributed by atoms with Crippen molar-refractivity contribution >= 4 is 16.5 Å². The van der Waals surface area contributed by atoms with Gasteiger partial charge in [0.2, 0.25) is 0 Å². The summed E-state index contributed by atoms with van der Waals surface area (Å²) in [6, 6.07) is 6.30. The summed E-state index contributed by atoms with van der Waals surface area (Å²) < 4.78 is 5.70. The Kier molecular flexibility index (Phi) is 3.63. The Labute approximate surface area is 129 Å². The maximum absolute atomic E-state index is 6.70. The summed E-state index contributed by atoms with van der Waals surface area (Å²) in [5.74, 6) is 0.925. The molecule has 5 heteroatoms. The van der Waals surface area contributed by atoms with E-state index in [0.717, 1.165) is 41.8 Å². The number of nitrogens with zero attached hydrogens (tertiary/aromatic N) is 1. The smallest absolute Gasteiger partial charge is 0.180 e. The molecule has 1 aliphatic rings. The second-order valence-electron chi connectivity index (χ2n) is 5.67. The van der Waals surface area contributed by atoms with Gasteiger partial charge in [0.15, 0.2) is 5.13 Å². The molecule has 0 bridgehead atoms. The molecule has 0 saturated heterocycles. The topological polar surface area (TPSA) is 74.2 Å². The minimum absolute atomic E-state index is 0.356. The van der Waals surface area contributed by atoms with E-state index in [1.165, 1.54) is 4.88 Å². The van der Waals surface area contributed by atoms with E-state index in [-0.39, 0.29) is 5.54 Å². The van der Waals surface area contributed by atoms with Crippen LogP contribution >= 0.6 is 11.3 Å². The van der Waals surface area contributed by atoms with Crippen molar-refractivity contribution in [1.29, 1.82) is 0 Å². The third-order valence-electron chi connectivity index (χ3n) is 4.14. The predicted molar refractivity (Wildman–Crippen MR) is 86.8 cm³/mol. The number of hydrogen-bond acceptors (Lipinski definition) is 5. The lowest BCUT2D eigenvalue weighted by molar-refractivity contribution is 0.333. The lowest BCUT2D eigenvalue weighted by atomic mass is 9.78. The Morgan fingerprint density at radius 3 is 3.00 bits per heavy atom. The number of nitrogens with two attached hydrogens (primary N) is 2. The van der Waals surface area contributed by atoms with Gasteiger partial charge in [0.05, 0.1) is 12.3 Å². The van der Waals surface area contributed by atoms with Crippen LogP contribution in [-0.2, 0) is 18.4 Å². The van der Waals surface area contributed by atoms with E-state index in [0.29, 0.717) is 11.7 Å². The van der Waals surface area contributed by atoms with Gasteiger partial charge in [-0.05, 0) is 43.9 Å². The zero-order valence-corrected chi connectivity index (χ0v) is 13.3. The Bertz CT molecular complexity index is 668. The Balaban J connectivity index is 1.94. The van der Waals surface area contributed by atoms with Crippen molar-refractivity contribution in [2.24, 2.45) is 5.73 Å². The van der Waals surface area contributed by atoms with E-state index in [2.05, 4.69) is 30.1 Å². The normalized spacial score (nSPS) is 21.1. The van der Waals surface area contributed by atoms with Crippen molar-refractivity contribution in [2.45, 2.75) is 38.6 Å². The standard InChI is InChI=1S/C16H21N3OS/c1-3-20-13-8-11(5-4-10(13)2)16(18)7-6-12-14(9-16)21-15(17)19-12/h4-5,8H,3,6-7,9,18H2,1-2H3,(H2,17,19). The first-order valence-electron chi connectivity index (χ1n) is 7.28. The van der Waals surface area contributed by atoms with Crippen LogP contribution in [0, 0.1) is 6.92 Å². The maximum atomic E-state index is 6.70. The van der Waals surface area contributed by atoms with Crippen molar-refractivity contribution in [3.05, 3.63) is 39.9 Å². The van der Waals surface area contributed by atoms with Gasteiger partial charge in [0.25, 0.3) is 0 Å². The molecule has 2 aromatic rings. The van der Waals surface area contributed by atoms with E-state index in [9.17, 15) is 0 Å². The highest BCUT2D eigenvalue weighted by Gasteiger charge is 2.34. The lowest BCUT2D eigenvalue weighted by Crippen LogP contribution is -2.41.